The molecule has 92 valence electrons. The number of carbonyl (C=O) groups is 1. The van der Waals surface area contributed by atoms with Crippen LogP contribution in [0, 0.1) is 11.3 Å². The first-order valence-electron chi connectivity index (χ1n) is 5.27. The molecule has 0 saturated heterocycles. The normalized spacial score (nSPS) is 15.8. The molecule has 4 nitrogen and oxygen atoms in total. The second kappa shape index (κ2) is 4.59. The van der Waals surface area contributed by atoms with Gasteiger partial charge in [0.15, 0.2) is 5.41 Å². The number of carbonyl (C=O) groups excluding carboxylic acids is 1. The second-order valence-corrected chi connectivity index (χ2v) is 5.75. The van der Waals surface area contributed by atoms with Crippen LogP contribution in [0.1, 0.15) is 11.9 Å². The van der Waals surface area contributed by atoms with Crippen LogP contribution in [0.15, 0.2) is 24.3 Å². The van der Waals surface area contributed by atoms with E-state index < -0.39 is 16.6 Å². The van der Waals surface area contributed by atoms with E-state index in [1.165, 1.54) is 11.3 Å². The predicted molar refractivity (Wildman–Crippen MR) is 74.6 cm³/mol. The minimum Gasteiger partial charge on any atom is -0.368 e. The van der Waals surface area contributed by atoms with Crippen molar-refractivity contribution in [1.29, 1.82) is 5.26 Å². The summed E-state index contributed by atoms with van der Waals surface area (Å²) in [7, 11) is 0. The van der Waals surface area contributed by atoms with Gasteiger partial charge in [0.1, 0.15) is 5.01 Å². The highest BCUT2D eigenvalue weighted by molar-refractivity contribution is 7.81. The predicted octanol–water partition coefficient (Wildman–Crippen LogP) is 1.86. The molecule has 0 fully saturated rings. The number of fused-ring (bicyclic) bond motifs is 1. The minimum atomic E-state index is -1.48. The molecule has 1 heterocycles. The van der Waals surface area contributed by atoms with Crippen molar-refractivity contribution >= 4 is 40.1 Å². The lowest BCUT2D eigenvalue weighted by atomic mass is 9.86. The Hall–Kier alpha value is -1.58. The number of aromatic nitrogens is 1. The Labute approximate surface area is 114 Å². The number of para-hydroxylation sites is 1. The summed E-state index contributed by atoms with van der Waals surface area (Å²) in [4.78, 5) is 16.0. The third-order valence-corrected chi connectivity index (χ3v) is 4.38. The van der Waals surface area contributed by atoms with Crippen molar-refractivity contribution in [3.8, 4) is 6.07 Å². The molecule has 18 heavy (non-hydrogen) atoms. The van der Waals surface area contributed by atoms with Crippen LogP contribution in [-0.4, -0.2) is 16.1 Å². The summed E-state index contributed by atoms with van der Waals surface area (Å²) < 4.78 is 0.919. The van der Waals surface area contributed by atoms with Crippen molar-refractivity contribution in [3.63, 3.8) is 0 Å². The van der Waals surface area contributed by atoms with Gasteiger partial charge >= 0.3 is 0 Å². The molecule has 0 spiro atoms. The van der Waals surface area contributed by atoms with Crippen LogP contribution < -0.4 is 5.73 Å². The molecular formula is C12H11N3OS2. The number of hydrogen-bond acceptors (Lipinski definition) is 5. The lowest BCUT2D eigenvalue weighted by molar-refractivity contribution is -0.121. The molecule has 2 unspecified atom stereocenters. The maximum absolute atomic E-state index is 11.7. The van der Waals surface area contributed by atoms with E-state index in [9.17, 15) is 10.1 Å². The van der Waals surface area contributed by atoms with Crippen LogP contribution in [0.2, 0.25) is 0 Å². The zero-order chi connectivity index (χ0) is 13.3. The van der Waals surface area contributed by atoms with Gasteiger partial charge in [-0.25, -0.2) is 4.98 Å². The molecule has 2 N–H and O–H groups in total. The highest BCUT2D eigenvalue weighted by atomic mass is 32.1. The number of thiazole rings is 1. The Kier molecular flexibility index (Phi) is 3.28. The van der Waals surface area contributed by atoms with Gasteiger partial charge in [-0.05, 0) is 12.1 Å². The Morgan fingerprint density at radius 2 is 2.28 bits per heavy atom. The molecule has 0 aliphatic carbocycles. The zero-order valence-corrected chi connectivity index (χ0v) is 11.3. The average molecular weight is 277 g/mol. The van der Waals surface area contributed by atoms with E-state index in [1.807, 2.05) is 30.3 Å². The van der Waals surface area contributed by atoms with Crippen molar-refractivity contribution in [3.05, 3.63) is 29.3 Å². The van der Waals surface area contributed by atoms with Crippen molar-refractivity contribution in [2.24, 2.45) is 5.73 Å². The fraction of sp³-hybridized carbons (Fsp3) is 0.250. The summed E-state index contributed by atoms with van der Waals surface area (Å²) in [5, 5.41) is 9.24. The summed E-state index contributed by atoms with van der Waals surface area (Å²) in [6.07, 6.45) is 0. The van der Waals surface area contributed by atoms with Gasteiger partial charge in [-0.1, -0.05) is 19.1 Å². The Bertz CT molecular complexity index is 611. The summed E-state index contributed by atoms with van der Waals surface area (Å²) >= 11 is 5.54. The third-order valence-electron chi connectivity index (χ3n) is 2.82. The molecule has 0 bridgehead atoms. The second-order valence-electron chi connectivity index (χ2n) is 3.95. The van der Waals surface area contributed by atoms with Crippen LogP contribution in [-0.2, 0) is 10.2 Å². The number of nitrogens with zero attached hydrogens (tertiary/aromatic N) is 2. The standard InChI is InChI=1S/C12H11N3OS2/c1-7(17)12(6-13,10(14)16)11-15-8-4-2-3-5-9(8)18-11/h2-5,7,17H,1H3,(H2,14,16). The molecule has 0 aliphatic rings. The molecule has 0 saturated carbocycles. The van der Waals surface area contributed by atoms with Gasteiger partial charge in [0, 0.05) is 5.25 Å². The Morgan fingerprint density at radius 3 is 2.78 bits per heavy atom. The molecular weight excluding hydrogens is 266 g/mol. The first-order valence-corrected chi connectivity index (χ1v) is 6.61. The Morgan fingerprint density at radius 1 is 1.61 bits per heavy atom. The van der Waals surface area contributed by atoms with E-state index in [0.717, 1.165) is 10.2 Å². The molecule has 2 rings (SSSR count). The first kappa shape index (κ1) is 12.9. The monoisotopic (exact) mass is 277 g/mol. The average Bonchev–Trinajstić information content (AvgIpc) is 2.73. The molecule has 0 aliphatic heterocycles. The fourth-order valence-corrected chi connectivity index (χ4v) is 3.32. The number of nitriles is 1. The summed E-state index contributed by atoms with van der Waals surface area (Å²) in [5.41, 5.74) is 4.67. The summed E-state index contributed by atoms with van der Waals surface area (Å²) in [5.74, 6) is -0.716. The van der Waals surface area contributed by atoms with Crippen molar-refractivity contribution in [1.82, 2.24) is 4.98 Å². The van der Waals surface area contributed by atoms with Crippen LogP contribution in [0.5, 0.6) is 0 Å². The number of primary amides is 1. The van der Waals surface area contributed by atoms with Crippen LogP contribution in [0.4, 0.5) is 0 Å². The van der Waals surface area contributed by atoms with E-state index in [-0.39, 0.29) is 0 Å². The lowest BCUT2D eigenvalue weighted by Gasteiger charge is -2.23. The third kappa shape index (κ3) is 1.76. The van der Waals surface area contributed by atoms with Gasteiger partial charge in [0.05, 0.1) is 16.3 Å². The van der Waals surface area contributed by atoms with Crippen molar-refractivity contribution < 1.29 is 4.79 Å². The maximum Gasteiger partial charge on any atom is 0.246 e. The SMILES string of the molecule is CC(S)C(C#N)(C(N)=O)c1nc2ccccc2s1. The van der Waals surface area contributed by atoms with E-state index in [1.54, 1.807) is 6.92 Å². The maximum atomic E-state index is 11.7. The minimum absolute atomic E-state index is 0.404. The molecule has 6 heteroatoms. The van der Waals surface area contributed by atoms with E-state index in [2.05, 4.69) is 17.6 Å². The highest BCUT2D eigenvalue weighted by Gasteiger charge is 2.46. The quantitative estimate of drug-likeness (QED) is 0.840. The topological polar surface area (TPSA) is 79.8 Å². The highest BCUT2D eigenvalue weighted by Crippen LogP contribution is 2.35. The number of benzene rings is 1. The fourth-order valence-electron chi connectivity index (χ4n) is 1.73. The molecule has 0 radical (unpaired) electrons. The van der Waals surface area contributed by atoms with E-state index >= 15 is 0 Å². The van der Waals surface area contributed by atoms with E-state index in [4.69, 9.17) is 5.73 Å². The molecule has 1 aromatic heterocycles. The van der Waals surface area contributed by atoms with Crippen molar-refractivity contribution in [2.45, 2.75) is 17.6 Å². The molecule has 1 aromatic carbocycles. The number of hydrogen-bond donors (Lipinski definition) is 2. The first-order chi connectivity index (χ1) is 8.52. The largest absolute Gasteiger partial charge is 0.368 e. The van der Waals surface area contributed by atoms with Gasteiger partial charge in [-0.15, -0.1) is 11.3 Å². The van der Waals surface area contributed by atoms with Crippen LogP contribution in [0.3, 0.4) is 0 Å². The van der Waals surface area contributed by atoms with Crippen LogP contribution >= 0.6 is 24.0 Å². The van der Waals surface area contributed by atoms with Gasteiger partial charge in [-0.3, -0.25) is 4.79 Å². The van der Waals surface area contributed by atoms with Gasteiger partial charge in [0.25, 0.3) is 0 Å². The number of rotatable bonds is 3. The molecule has 1 amide bonds. The van der Waals surface area contributed by atoms with Gasteiger partial charge in [0.2, 0.25) is 5.91 Å². The van der Waals surface area contributed by atoms with Crippen LogP contribution in [0.25, 0.3) is 10.2 Å². The van der Waals surface area contributed by atoms with E-state index in [0.29, 0.717) is 5.01 Å². The lowest BCUT2D eigenvalue weighted by Crippen LogP contribution is -2.46. The number of amides is 1. The molecule has 2 atom stereocenters. The Balaban J connectivity index is 2.70. The number of thiol groups is 1. The smallest absolute Gasteiger partial charge is 0.246 e. The number of nitrogens with two attached hydrogens (primary N) is 1. The zero-order valence-electron chi connectivity index (χ0n) is 9.62. The summed E-state index contributed by atoms with van der Waals surface area (Å²) in [6, 6.07) is 9.45. The van der Waals surface area contributed by atoms with Gasteiger partial charge < -0.3 is 5.73 Å². The molecule has 2 aromatic rings. The van der Waals surface area contributed by atoms with Crippen molar-refractivity contribution in [2.75, 3.05) is 0 Å². The van der Waals surface area contributed by atoms with Gasteiger partial charge in [-0.2, -0.15) is 17.9 Å². The summed E-state index contributed by atoms with van der Waals surface area (Å²) in [6.45, 7) is 1.67.